The van der Waals surface area contributed by atoms with Crippen molar-refractivity contribution in [1.29, 1.82) is 0 Å². The van der Waals surface area contributed by atoms with Crippen LogP contribution in [0.15, 0.2) is 122 Å². The maximum Gasteiger partial charge on any atom is 0.188 e. The maximum absolute atomic E-state index is 6.53. The number of hydrogen-bond acceptors (Lipinski definition) is 2. The summed E-state index contributed by atoms with van der Waals surface area (Å²) in [5.41, 5.74) is 10.3. The molecule has 0 atom stereocenters. The molecule has 8 aromatic rings. The van der Waals surface area contributed by atoms with Crippen LogP contribution in [0.2, 0.25) is 0 Å². The molecule has 3 aromatic heterocycles. The van der Waals surface area contributed by atoms with Gasteiger partial charge in [-0.25, -0.2) is 14.1 Å². The van der Waals surface area contributed by atoms with Gasteiger partial charge in [-0.3, -0.25) is 0 Å². The Bertz CT molecular complexity index is 2540. The van der Waals surface area contributed by atoms with E-state index in [1.54, 1.807) is 0 Å². The third kappa shape index (κ3) is 6.26. The second kappa shape index (κ2) is 13.9. The zero-order chi connectivity index (χ0) is 35.4. The smallest absolute Gasteiger partial charge is 0.188 e. The van der Waals surface area contributed by atoms with Crippen LogP contribution in [0.1, 0.15) is 71.4 Å². The van der Waals surface area contributed by atoms with Crippen molar-refractivity contribution >= 4 is 32.8 Å². The van der Waals surface area contributed by atoms with Gasteiger partial charge in [0.15, 0.2) is 17.4 Å². The van der Waals surface area contributed by atoms with Gasteiger partial charge in [-0.15, -0.1) is 29.7 Å². The summed E-state index contributed by atoms with van der Waals surface area (Å²) in [6.45, 7) is 15.7. The van der Waals surface area contributed by atoms with E-state index in [0.29, 0.717) is 23.3 Å². The molecule has 0 fully saturated rings. The van der Waals surface area contributed by atoms with E-state index >= 15 is 0 Å². The van der Waals surface area contributed by atoms with Crippen LogP contribution in [0.4, 0.5) is 0 Å². The molecule has 0 aliphatic heterocycles. The molecule has 0 bridgehead atoms. The number of imidazole rings is 1. The largest absolute Gasteiger partial charge is 0.508 e. The molecule has 6 heteroatoms. The van der Waals surface area contributed by atoms with E-state index in [1.165, 1.54) is 27.8 Å². The quantitative estimate of drug-likeness (QED) is 0.150. The fourth-order valence-corrected chi connectivity index (χ4v) is 7.34. The SMILES string of the molecule is CC(C)c1cccc(C(C)C)c1-c1ccnc(-n2c3[c-]c(Oc4[c-]c(-n5[cH+]n(C(C)(C)C)c6ccccc65)ccc4)ccc3c3ccccc32)c1.[Pt]. The maximum atomic E-state index is 6.53. The summed E-state index contributed by atoms with van der Waals surface area (Å²) in [6.07, 6.45) is 4.09. The van der Waals surface area contributed by atoms with Crippen molar-refractivity contribution in [2.24, 2.45) is 0 Å². The molecule has 5 nitrogen and oxygen atoms in total. The summed E-state index contributed by atoms with van der Waals surface area (Å²) in [5.74, 6) is 2.87. The number of benzene rings is 5. The van der Waals surface area contributed by atoms with Crippen LogP contribution < -0.4 is 4.74 Å². The van der Waals surface area contributed by atoms with Gasteiger partial charge in [-0.1, -0.05) is 75.7 Å². The molecule has 8 rings (SSSR count). The molecule has 5 aromatic carbocycles. The van der Waals surface area contributed by atoms with E-state index < -0.39 is 0 Å². The molecule has 0 N–H and O–H groups in total. The van der Waals surface area contributed by atoms with Crippen LogP contribution in [0, 0.1) is 12.1 Å². The Kier molecular flexibility index (Phi) is 9.44. The molecule has 52 heavy (non-hydrogen) atoms. The van der Waals surface area contributed by atoms with Gasteiger partial charge < -0.3 is 9.30 Å². The average Bonchev–Trinajstić information content (AvgIpc) is 3.68. The standard InChI is InChI=1S/C46H43N4O.Pt/c1-30(2)36-17-13-18-37(31(3)4)45(36)32-24-25-47-44(26-32)50-40-19-9-8-16-38(40)39-23-22-35(28-43(39)50)51-34-15-12-14-33(27-34)48-29-49(46(5,6)7)42-21-11-10-20-41(42)48;/h8-26,29-31H,1-7H3;/q-1;. The van der Waals surface area contributed by atoms with Crippen molar-refractivity contribution in [3.63, 3.8) is 0 Å². The number of aromatic nitrogens is 4. The summed E-state index contributed by atoms with van der Waals surface area (Å²) in [6, 6.07) is 45.4. The van der Waals surface area contributed by atoms with Crippen molar-refractivity contribution in [2.75, 3.05) is 0 Å². The topological polar surface area (TPSA) is 36.9 Å². The molecule has 0 radical (unpaired) electrons. The number of ether oxygens (including phenoxy) is 1. The predicted octanol–water partition coefficient (Wildman–Crippen LogP) is 12.3. The zero-order valence-electron chi connectivity index (χ0n) is 30.7. The number of rotatable bonds is 7. The first-order valence-corrected chi connectivity index (χ1v) is 17.9. The van der Waals surface area contributed by atoms with E-state index in [4.69, 9.17) is 9.72 Å². The van der Waals surface area contributed by atoms with Gasteiger partial charge in [0.2, 0.25) is 0 Å². The summed E-state index contributed by atoms with van der Waals surface area (Å²) in [5, 5.41) is 2.24. The molecule has 0 aliphatic carbocycles. The van der Waals surface area contributed by atoms with Crippen LogP contribution in [-0.2, 0) is 26.6 Å². The van der Waals surface area contributed by atoms with Crippen molar-refractivity contribution in [3.05, 3.63) is 145 Å². The van der Waals surface area contributed by atoms with Gasteiger partial charge in [0.25, 0.3) is 0 Å². The fourth-order valence-electron chi connectivity index (χ4n) is 7.34. The van der Waals surface area contributed by atoms with Crippen LogP contribution in [-0.4, -0.2) is 18.7 Å². The Labute approximate surface area is 320 Å². The first kappa shape index (κ1) is 35.4. The van der Waals surface area contributed by atoms with Crippen molar-refractivity contribution in [3.8, 4) is 34.1 Å². The first-order valence-electron chi connectivity index (χ1n) is 17.9. The van der Waals surface area contributed by atoms with Gasteiger partial charge >= 0.3 is 0 Å². The normalized spacial score (nSPS) is 11.9. The van der Waals surface area contributed by atoms with Crippen LogP contribution in [0.3, 0.4) is 0 Å². The van der Waals surface area contributed by atoms with Gasteiger partial charge in [-0.05, 0) is 90.6 Å². The number of hydrogen-bond donors (Lipinski definition) is 0. The van der Waals surface area contributed by atoms with Gasteiger partial charge in [-0.2, -0.15) is 12.1 Å². The summed E-state index contributed by atoms with van der Waals surface area (Å²) >= 11 is 0. The van der Waals surface area contributed by atoms with Crippen molar-refractivity contribution in [2.45, 2.75) is 65.8 Å². The minimum atomic E-state index is -0.0787. The molecule has 0 saturated carbocycles. The molecular formula is C46H43N4OPt-. The predicted molar refractivity (Wildman–Crippen MR) is 211 cm³/mol. The second-order valence-corrected chi connectivity index (χ2v) is 15.0. The number of fused-ring (bicyclic) bond motifs is 4. The molecule has 0 saturated heterocycles. The Balaban J connectivity index is 0.00000420. The minimum Gasteiger partial charge on any atom is -0.508 e. The number of nitrogens with zero attached hydrogens (tertiary/aromatic N) is 4. The Hall–Kier alpha value is -4.99. The van der Waals surface area contributed by atoms with Crippen LogP contribution >= 0.6 is 0 Å². The summed E-state index contributed by atoms with van der Waals surface area (Å²) < 4.78 is 13.2. The second-order valence-electron chi connectivity index (χ2n) is 15.0. The summed E-state index contributed by atoms with van der Waals surface area (Å²) in [4.78, 5) is 4.95. The summed E-state index contributed by atoms with van der Waals surface area (Å²) in [7, 11) is 0. The monoisotopic (exact) mass is 862 g/mol. The van der Waals surface area contributed by atoms with E-state index in [9.17, 15) is 0 Å². The van der Waals surface area contributed by atoms with Crippen LogP contribution in [0.25, 0.3) is 55.5 Å². The Morgan fingerprint density at radius 1 is 0.673 bits per heavy atom. The van der Waals surface area contributed by atoms with E-state index in [-0.39, 0.29) is 26.6 Å². The van der Waals surface area contributed by atoms with E-state index in [2.05, 4.69) is 172 Å². The zero-order valence-corrected chi connectivity index (χ0v) is 33.0. The molecule has 264 valence electrons. The first-order chi connectivity index (χ1) is 24.6. The molecule has 0 spiro atoms. The molecule has 0 amide bonds. The fraction of sp³-hybridized carbons (Fsp3) is 0.217. The Morgan fingerprint density at radius 3 is 2.04 bits per heavy atom. The van der Waals surface area contributed by atoms with Gasteiger partial charge in [0.05, 0.1) is 5.54 Å². The Morgan fingerprint density at radius 2 is 1.33 bits per heavy atom. The average molecular weight is 863 g/mol. The molecule has 0 unspecified atom stereocenters. The van der Waals surface area contributed by atoms with Crippen molar-refractivity contribution < 1.29 is 25.8 Å². The molecule has 3 heterocycles. The number of para-hydroxylation sites is 3. The van der Waals surface area contributed by atoms with E-state index in [1.807, 2.05) is 24.4 Å². The van der Waals surface area contributed by atoms with Crippen molar-refractivity contribution in [1.82, 2.24) is 18.7 Å². The third-order valence-corrected chi connectivity index (χ3v) is 9.78. The molecular weight excluding hydrogens is 820 g/mol. The van der Waals surface area contributed by atoms with Crippen LogP contribution in [0.5, 0.6) is 11.5 Å². The number of pyridine rings is 1. The molecule has 0 aliphatic rings. The van der Waals surface area contributed by atoms with E-state index in [0.717, 1.165) is 38.8 Å². The minimum absolute atomic E-state index is 0. The third-order valence-electron chi connectivity index (χ3n) is 9.78. The van der Waals surface area contributed by atoms with Gasteiger partial charge in [0, 0.05) is 62.1 Å². The van der Waals surface area contributed by atoms with Gasteiger partial charge in [0.1, 0.15) is 5.82 Å².